The van der Waals surface area contributed by atoms with Crippen molar-refractivity contribution in [2.75, 3.05) is 13.2 Å². The fraction of sp³-hybridized carbons (Fsp3) is 0.433. The molecule has 2 fully saturated rings. The van der Waals surface area contributed by atoms with Crippen molar-refractivity contribution in [3.8, 4) is 11.3 Å². The first-order valence-electron chi connectivity index (χ1n) is 13.1. The molecule has 2 aliphatic rings. The Bertz CT molecular complexity index is 1240. The van der Waals surface area contributed by atoms with Crippen molar-refractivity contribution in [3.63, 3.8) is 0 Å². The molecule has 0 bridgehead atoms. The molecular formula is C30H33F2N3O2. The van der Waals surface area contributed by atoms with Crippen LogP contribution in [0.25, 0.3) is 11.3 Å². The van der Waals surface area contributed by atoms with Crippen LogP contribution in [-0.4, -0.2) is 35.0 Å². The zero-order valence-corrected chi connectivity index (χ0v) is 21.1. The number of carbonyl (C=O) groups is 1. The Morgan fingerprint density at radius 2 is 1.81 bits per heavy atom. The number of pyridine rings is 2. The minimum absolute atomic E-state index is 0.0723. The number of carbonyl (C=O) groups excluding carboxylic acids is 1. The van der Waals surface area contributed by atoms with Gasteiger partial charge in [-0.05, 0) is 96.9 Å². The number of hydrogen-bond acceptors (Lipinski definition) is 5. The van der Waals surface area contributed by atoms with Crippen LogP contribution in [0.2, 0.25) is 0 Å². The fourth-order valence-corrected chi connectivity index (χ4v) is 5.99. The van der Waals surface area contributed by atoms with Crippen molar-refractivity contribution in [3.05, 3.63) is 82.8 Å². The largest absolute Gasteiger partial charge is 0.381 e. The van der Waals surface area contributed by atoms with Crippen molar-refractivity contribution in [1.82, 2.24) is 9.97 Å². The van der Waals surface area contributed by atoms with Gasteiger partial charge in [-0.3, -0.25) is 9.78 Å². The highest BCUT2D eigenvalue weighted by Crippen LogP contribution is 2.37. The van der Waals surface area contributed by atoms with E-state index in [-0.39, 0.29) is 47.0 Å². The van der Waals surface area contributed by atoms with Gasteiger partial charge < -0.3 is 10.5 Å². The van der Waals surface area contributed by atoms with Crippen molar-refractivity contribution in [2.24, 2.45) is 11.7 Å². The first-order chi connectivity index (χ1) is 17.9. The molecule has 1 saturated heterocycles. The highest BCUT2D eigenvalue weighted by atomic mass is 19.1. The number of ketones is 1. The molecule has 0 radical (unpaired) electrons. The summed E-state index contributed by atoms with van der Waals surface area (Å²) in [6.45, 7) is 3.39. The quantitative estimate of drug-likeness (QED) is 0.418. The summed E-state index contributed by atoms with van der Waals surface area (Å²) in [4.78, 5) is 21.9. The molecule has 0 spiro atoms. The molecule has 1 saturated carbocycles. The molecule has 2 aromatic heterocycles. The van der Waals surface area contributed by atoms with Crippen LogP contribution in [0, 0.1) is 17.6 Å². The van der Waals surface area contributed by atoms with Crippen molar-refractivity contribution in [1.29, 1.82) is 0 Å². The second-order valence-electron chi connectivity index (χ2n) is 10.6. The van der Waals surface area contributed by atoms with E-state index in [1.54, 1.807) is 24.5 Å². The van der Waals surface area contributed by atoms with Crippen LogP contribution in [-0.2, 0) is 11.2 Å². The van der Waals surface area contributed by atoms with E-state index >= 15 is 8.78 Å². The first-order valence-corrected chi connectivity index (χ1v) is 13.1. The van der Waals surface area contributed by atoms with E-state index in [1.807, 2.05) is 6.07 Å². The third kappa shape index (κ3) is 5.78. The Morgan fingerprint density at radius 1 is 1.05 bits per heavy atom. The molecule has 1 aliphatic heterocycles. The molecule has 0 unspecified atom stereocenters. The second-order valence-corrected chi connectivity index (χ2v) is 10.6. The van der Waals surface area contributed by atoms with Gasteiger partial charge in [-0.2, -0.15) is 0 Å². The second kappa shape index (κ2) is 11.2. The zero-order chi connectivity index (χ0) is 25.9. The Kier molecular flexibility index (Phi) is 7.72. The minimum atomic E-state index is -0.670. The molecule has 1 aliphatic carbocycles. The SMILES string of the molecule is C[C@@H]1C[C@H](N)C[C@H](c2ccncc2CC(=O)c2cccc(-c3c(F)cc(C4CCOCC4)cc3F)n2)C1. The molecular weight excluding hydrogens is 472 g/mol. The zero-order valence-electron chi connectivity index (χ0n) is 21.1. The van der Waals surface area contributed by atoms with E-state index in [0.717, 1.165) is 43.2 Å². The van der Waals surface area contributed by atoms with Gasteiger partial charge in [0.25, 0.3) is 0 Å². The number of Topliss-reactive ketones (excluding diaryl/α,β-unsaturated/α-hetero) is 1. The minimum Gasteiger partial charge on any atom is -0.381 e. The number of nitrogens with zero attached hydrogens (tertiary/aromatic N) is 2. The van der Waals surface area contributed by atoms with Gasteiger partial charge in [-0.15, -0.1) is 0 Å². The lowest BCUT2D eigenvalue weighted by Crippen LogP contribution is -2.31. The normalized spacial score (nSPS) is 22.6. The van der Waals surface area contributed by atoms with Crippen LogP contribution in [0.4, 0.5) is 8.78 Å². The molecule has 5 nitrogen and oxygen atoms in total. The molecule has 3 heterocycles. The van der Waals surface area contributed by atoms with Crippen LogP contribution >= 0.6 is 0 Å². The van der Waals surface area contributed by atoms with Gasteiger partial charge in [-0.25, -0.2) is 13.8 Å². The molecule has 3 aromatic rings. The van der Waals surface area contributed by atoms with E-state index in [0.29, 0.717) is 24.7 Å². The average Bonchev–Trinajstić information content (AvgIpc) is 2.89. The molecule has 1 aromatic carbocycles. The predicted octanol–water partition coefficient (Wildman–Crippen LogP) is 5.97. The molecule has 0 amide bonds. The van der Waals surface area contributed by atoms with Crippen molar-refractivity contribution < 1.29 is 18.3 Å². The lowest BCUT2D eigenvalue weighted by Gasteiger charge is -2.32. The van der Waals surface area contributed by atoms with Crippen molar-refractivity contribution >= 4 is 5.78 Å². The maximum Gasteiger partial charge on any atom is 0.185 e. The first kappa shape index (κ1) is 25.6. The molecule has 194 valence electrons. The Morgan fingerprint density at radius 3 is 2.54 bits per heavy atom. The maximum atomic E-state index is 15.1. The van der Waals surface area contributed by atoms with Crippen LogP contribution in [0.1, 0.15) is 78.0 Å². The summed E-state index contributed by atoms with van der Waals surface area (Å²) in [5.74, 6) is -0.688. The van der Waals surface area contributed by atoms with Gasteiger partial charge in [0.05, 0.1) is 11.3 Å². The Hall–Kier alpha value is -3.03. The van der Waals surface area contributed by atoms with Gasteiger partial charge in [0.2, 0.25) is 0 Å². The third-order valence-electron chi connectivity index (χ3n) is 7.76. The molecule has 2 N–H and O–H groups in total. The number of ether oxygens (including phenoxy) is 1. The monoisotopic (exact) mass is 505 g/mol. The summed E-state index contributed by atoms with van der Waals surface area (Å²) in [6.07, 6.45) is 7.99. The van der Waals surface area contributed by atoms with Crippen LogP contribution in [0.3, 0.4) is 0 Å². The average molecular weight is 506 g/mol. The number of rotatable bonds is 6. The number of nitrogens with two attached hydrogens (primary N) is 1. The highest BCUT2D eigenvalue weighted by Gasteiger charge is 2.28. The van der Waals surface area contributed by atoms with E-state index in [4.69, 9.17) is 10.5 Å². The lowest BCUT2D eigenvalue weighted by atomic mass is 9.75. The summed E-state index contributed by atoms with van der Waals surface area (Å²) in [7, 11) is 0. The van der Waals surface area contributed by atoms with Crippen LogP contribution in [0.5, 0.6) is 0 Å². The summed E-state index contributed by atoms with van der Waals surface area (Å²) in [5, 5.41) is 0. The summed E-state index contributed by atoms with van der Waals surface area (Å²) in [6, 6.07) is 9.65. The van der Waals surface area contributed by atoms with Gasteiger partial charge in [0.1, 0.15) is 17.3 Å². The molecule has 5 rings (SSSR count). The molecule has 37 heavy (non-hydrogen) atoms. The number of hydrogen-bond donors (Lipinski definition) is 1. The van der Waals surface area contributed by atoms with Gasteiger partial charge >= 0.3 is 0 Å². The summed E-state index contributed by atoms with van der Waals surface area (Å²) < 4.78 is 35.6. The number of aromatic nitrogens is 2. The topological polar surface area (TPSA) is 78.1 Å². The molecule has 7 heteroatoms. The van der Waals surface area contributed by atoms with Crippen LogP contribution in [0.15, 0.2) is 48.8 Å². The summed E-state index contributed by atoms with van der Waals surface area (Å²) >= 11 is 0. The van der Waals surface area contributed by atoms with E-state index < -0.39 is 11.6 Å². The van der Waals surface area contributed by atoms with E-state index in [9.17, 15) is 4.79 Å². The van der Waals surface area contributed by atoms with Crippen LogP contribution < -0.4 is 5.73 Å². The van der Waals surface area contributed by atoms with E-state index in [2.05, 4.69) is 16.9 Å². The van der Waals surface area contributed by atoms with Gasteiger partial charge in [0, 0.05) is 38.1 Å². The predicted molar refractivity (Wildman–Crippen MR) is 138 cm³/mol. The Labute approximate surface area is 216 Å². The number of halogens is 2. The van der Waals surface area contributed by atoms with Gasteiger partial charge in [0.15, 0.2) is 5.78 Å². The highest BCUT2D eigenvalue weighted by molar-refractivity contribution is 5.96. The smallest absolute Gasteiger partial charge is 0.185 e. The maximum absolute atomic E-state index is 15.1. The third-order valence-corrected chi connectivity index (χ3v) is 7.76. The summed E-state index contributed by atoms with van der Waals surface area (Å²) in [5.41, 5.74) is 8.94. The Balaban J connectivity index is 1.38. The number of benzene rings is 1. The fourth-order valence-electron chi connectivity index (χ4n) is 5.99. The van der Waals surface area contributed by atoms with E-state index in [1.165, 1.54) is 18.2 Å². The standard InChI is InChI=1S/C30H33F2N3O2/c1-18-11-21(13-23(33)12-18)24-5-8-34-17-22(24)16-29(36)27-3-2-4-28(35-27)30-25(31)14-20(15-26(30)32)19-6-9-37-10-7-19/h2-5,8,14-15,17-19,21,23H,6-7,9-13,16,33H2,1H3/t18-,21+,23-/m0/s1. The van der Waals surface area contributed by atoms with Gasteiger partial charge in [-0.1, -0.05) is 13.0 Å². The lowest BCUT2D eigenvalue weighted by molar-refractivity contribution is 0.0852. The molecule has 3 atom stereocenters. The van der Waals surface area contributed by atoms with Crippen molar-refractivity contribution in [2.45, 2.75) is 63.3 Å².